The van der Waals surface area contributed by atoms with Crippen LogP contribution in [0.2, 0.25) is 0 Å². The molecule has 0 saturated heterocycles. The van der Waals surface area contributed by atoms with Crippen LogP contribution in [0.15, 0.2) is 0 Å². The van der Waals surface area contributed by atoms with Gasteiger partial charge in [0.1, 0.15) is 11.6 Å². The molecule has 2 aliphatic carbocycles. The summed E-state index contributed by atoms with van der Waals surface area (Å²) in [6, 6.07) is 0. The SMILES string of the molecule is CC(C)(CO)CCCC1CCCC(CCC2CCCC(CCCC(C)(C)C(=O)O)C2=O)C1=O. The number of aliphatic carboxylic acids is 1. The lowest BCUT2D eigenvalue weighted by atomic mass is 9.71. The predicted molar refractivity (Wildman–Crippen MR) is 131 cm³/mol. The van der Waals surface area contributed by atoms with E-state index in [1.54, 1.807) is 13.8 Å². The minimum absolute atomic E-state index is 0.0676. The first kappa shape index (κ1) is 28.0. The predicted octanol–water partition coefficient (Wildman–Crippen LogP) is 6.21. The molecule has 0 radical (unpaired) electrons. The second-order valence-corrected chi connectivity index (χ2v) is 12.3. The van der Waals surface area contributed by atoms with E-state index in [2.05, 4.69) is 13.8 Å². The molecule has 0 aromatic heterocycles. The van der Waals surface area contributed by atoms with Gasteiger partial charge in [-0.25, -0.2) is 0 Å². The molecule has 2 fully saturated rings. The Morgan fingerprint density at radius 2 is 1.15 bits per heavy atom. The zero-order chi connectivity index (χ0) is 24.6. The van der Waals surface area contributed by atoms with Crippen molar-refractivity contribution in [2.45, 2.75) is 118 Å². The lowest BCUT2D eigenvalue weighted by Crippen LogP contribution is -2.32. The Hall–Kier alpha value is -1.23. The Balaban J connectivity index is 1.78. The smallest absolute Gasteiger partial charge is 0.309 e. The highest BCUT2D eigenvalue weighted by atomic mass is 16.4. The van der Waals surface area contributed by atoms with Gasteiger partial charge < -0.3 is 10.2 Å². The summed E-state index contributed by atoms with van der Waals surface area (Å²) in [5.74, 6) is 0.416. The summed E-state index contributed by atoms with van der Waals surface area (Å²) < 4.78 is 0. The van der Waals surface area contributed by atoms with Crippen molar-refractivity contribution in [3.8, 4) is 0 Å². The molecule has 2 aliphatic rings. The van der Waals surface area contributed by atoms with Crippen molar-refractivity contribution in [3.05, 3.63) is 0 Å². The Kier molecular flexibility index (Phi) is 10.6. The zero-order valence-corrected chi connectivity index (χ0v) is 21.5. The molecule has 0 heterocycles. The van der Waals surface area contributed by atoms with Crippen LogP contribution < -0.4 is 0 Å². The number of carbonyl (C=O) groups excluding carboxylic acids is 2. The fourth-order valence-corrected chi connectivity index (χ4v) is 5.81. The van der Waals surface area contributed by atoms with Crippen LogP contribution in [-0.2, 0) is 14.4 Å². The van der Waals surface area contributed by atoms with E-state index in [9.17, 15) is 24.6 Å². The van der Waals surface area contributed by atoms with Gasteiger partial charge in [0.2, 0.25) is 0 Å². The lowest BCUT2D eigenvalue weighted by molar-refractivity contribution is -0.147. The third kappa shape index (κ3) is 8.49. The van der Waals surface area contributed by atoms with E-state index in [1.807, 2.05) is 0 Å². The third-order valence-electron chi connectivity index (χ3n) is 8.45. The van der Waals surface area contributed by atoms with Crippen LogP contribution in [-0.4, -0.2) is 34.4 Å². The van der Waals surface area contributed by atoms with Gasteiger partial charge in [-0.2, -0.15) is 0 Å². The third-order valence-corrected chi connectivity index (χ3v) is 8.45. The van der Waals surface area contributed by atoms with Crippen molar-refractivity contribution in [2.24, 2.45) is 34.5 Å². The summed E-state index contributed by atoms with van der Waals surface area (Å²) in [4.78, 5) is 37.5. The molecule has 0 aromatic rings. The minimum Gasteiger partial charge on any atom is -0.481 e. The molecule has 2 N–H and O–H groups in total. The Morgan fingerprint density at radius 1 is 0.758 bits per heavy atom. The number of rotatable bonds is 13. The zero-order valence-electron chi connectivity index (χ0n) is 21.5. The summed E-state index contributed by atoms with van der Waals surface area (Å²) in [5, 5.41) is 18.7. The number of aliphatic hydroxyl groups excluding tert-OH is 1. The van der Waals surface area contributed by atoms with Gasteiger partial charge in [-0.1, -0.05) is 39.5 Å². The Morgan fingerprint density at radius 3 is 1.55 bits per heavy atom. The largest absolute Gasteiger partial charge is 0.481 e. The maximum atomic E-state index is 13.1. The summed E-state index contributed by atoms with van der Waals surface area (Å²) >= 11 is 0. The molecule has 33 heavy (non-hydrogen) atoms. The van der Waals surface area contributed by atoms with Gasteiger partial charge in [-0.3, -0.25) is 14.4 Å². The number of hydrogen-bond acceptors (Lipinski definition) is 4. The fraction of sp³-hybridized carbons (Fsp3) is 0.893. The van der Waals surface area contributed by atoms with Crippen LogP contribution in [0.4, 0.5) is 0 Å². The highest BCUT2D eigenvalue weighted by molar-refractivity contribution is 5.85. The quantitative estimate of drug-likeness (QED) is 0.338. The molecule has 2 rings (SSSR count). The van der Waals surface area contributed by atoms with E-state index >= 15 is 0 Å². The van der Waals surface area contributed by atoms with Gasteiger partial charge >= 0.3 is 5.97 Å². The molecule has 2 saturated carbocycles. The average molecular weight is 465 g/mol. The van der Waals surface area contributed by atoms with E-state index in [-0.39, 0.29) is 35.7 Å². The number of Topliss-reactive ketones (excluding diaryl/α,β-unsaturated/α-hetero) is 2. The first-order valence-electron chi connectivity index (χ1n) is 13.4. The molecule has 4 atom stereocenters. The highest BCUT2D eigenvalue weighted by Crippen LogP contribution is 2.37. The van der Waals surface area contributed by atoms with Gasteiger partial charge in [-0.05, 0) is 83.5 Å². The molecule has 0 amide bonds. The Bertz CT molecular complexity index is 665. The van der Waals surface area contributed by atoms with Crippen molar-refractivity contribution < 1.29 is 24.6 Å². The first-order chi connectivity index (χ1) is 15.5. The minimum atomic E-state index is -0.775. The summed E-state index contributed by atoms with van der Waals surface area (Å²) in [7, 11) is 0. The van der Waals surface area contributed by atoms with Crippen molar-refractivity contribution in [1.82, 2.24) is 0 Å². The molecule has 0 spiro atoms. The van der Waals surface area contributed by atoms with Crippen LogP contribution in [0.5, 0.6) is 0 Å². The average Bonchev–Trinajstić information content (AvgIpc) is 2.75. The lowest BCUT2D eigenvalue weighted by Gasteiger charge is -2.32. The van der Waals surface area contributed by atoms with Crippen molar-refractivity contribution in [3.63, 3.8) is 0 Å². The first-order valence-corrected chi connectivity index (χ1v) is 13.4. The van der Waals surface area contributed by atoms with Crippen LogP contribution in [0.3, 0.4) is 0 Å². The van der Waals surface area contributed by atoms with Crippen molar-refractivity contribution in [2.75, 3.05) is 6.61 Å². The van der Waals surface area contributed by atoms with Gasteiger partial charge in [-0.15, -0.1) is 0 Å². The van der Waals surface area contributed by atoms with Crippen molar-refractivity contribution >= 4 is 17.5 Å². The molecule has 4 unspecified atom stereocenters. The van der Waals surface area contributed by atoms with Gasteiger partial charge in [0.15, 0.2) is 0 Å². The summed E-state index contributed by atoms with van der Waals surface area (Å²) in [6.07, 6.45) is 12.7. The van der Waals surface area contributed by atoms with E-state index in [0.29, 0.717) is 18.0 Å². The van der Waals surface area contributed by atoms with E-state index in [0.717, 1.165) is 83.5 Å². The maximum Gasteiger partial charge on any atom is 0.309 e. The summed E-state index contributed by atoms with van der Waals surface area (Å²) in [5.41, 5.74) is -0.804. The van der Waals surface area contributed by atoms with Crippen LogP contribution in [0, 0.1) is 34.5 Å². The van der Waals surface area contributed by atoms with E-state index < -0.39 is 11.4 Å². The van der Waals surface area contributed by atoms with E-state index in [4.69, 9.17) is 0 Å². The number of aliphatic hydroxyl groups is 1. The molecule has 0 bridgehead atoms. The molecule has 5 heteroatoms. The molecule has 0 aliphatic heterocycles. The normalized spacial score (nSPS) is 27.1. The highest BCUT2D eigenvalue weighted by Gasteiger charge is 2.35. The second kappa shape index (κ2) is 12.5. The summed E-state index contributed by atoms with van der Waals surface area (Å²) in [6.45, 7) is 7.83. The van der Waals surface area contributed by atoms with Gasteiger partial charge in [0.05, 0.1) is 5.41 Å². The van der Waals surface area contributed by atoms with Gasteiger partial charge in [0, 0.05) is 30.3 Å². The van der Waals surface area contributed by atoms with Crippen LogP contribution >= 0.6 is 0 Å². The van der Waals surface area contributed by atoms with Crippen LogP contribution in [0.1, 0.15) is 118 Å². The molecular formula is C28H48O5. The monoisotopic (exact) mass is 464 g/mol. The molecule has 0 aromatic carbocycles. The topological polar surface area (TPSA) is 91.7 Å². The van der Waals surface area contributed by atoms with Gasteiger partial charge in [0.25, 0.3) is 0 Å². The molecule has 190 valence electrons. The second-order valence-electron chi connectivity index (χ2n) is 12.3. The number of carboxylic acid groups (broad SMARTS) is 1. The number of carboxylic acids is 1. The maximum absolute atomic E-state index is 13.1. The molecule has 5 nitrogen and oxygen atoms in total. The standard InChI is InChI=1S/C28H48O5/c1-27(2,19-29)17-7-13-20-9-5-11-22(24(20)30)15-16-23-12-6-10-21(25(23)31)14-8-18-28(3,4)26(32)33/h20-23,29H,5-19H2,1-4H3,(H,32,33). The fourth-order valence-electron chi connectivity index (χ4n) is 5.81. The number of hydrogen-bond donors (Lipinski definition) is 2. The van der Waals surface area contributed by atoms with Crippen LogP contribution in [0.25, 0.3) is 0 Å². The number of carbonyl (C=O) groups is 3. The molecular weight excluding hydrogens is 416 g/mol. The Labute approximate surface area is 201 Å². The van der Waals surface area contributed by atoms with Crippen molar-refractivity contribution in [1.29, 1.82) is 0 Å². The number of ketones is 2. The van der Waals surface area contributed by atoms with E-state index in [1.165, 1.54) is 0 Å².